The highest BCUT2D eigenvalue weighted by molar-refractivity contribution is 8.00. The Hall–Kier alpha value is -2.49. The second-order valence-electron chi connectivity index (χ2n) is 5.90. The number of halogens is 3. The van der Waals surface area contributed by atoms with Gasteiger partial charge >= 0.3 is 5.51 Å². The van der Waals surface area contributed by atoms with Crippen LogP contribution in [0.4, 0.5) is 19.1 Å². The summed E-state index contributed by atoms with van der Waals surface area (Å²) in [6.45, 7) is 1.83. The summed E-state index contributed by atoms with van der Waals surface area (Å²) in [4.78, 5) is 32.4. The highest BCUT2D eigenvalue weighted by Gasteiger charge is 2.29. The molecule has 0 saturated heterocycles. The molecule has 1 atom stereocenters. The lowest BCUT2D eigenvalue weighted by Crippen LogP contribution is -2.31. The number of nitrogens with zero attached hydrogens (tertiary/aromatic N) is 2. The van der Waals surface area contributed by atoms with Gasteiger partial charge in [0.15, 0.2) is 0 Å². The van der Waals surface area contributed by atoms with Gasteiger partial charge in [-0.25, -0.2) is 4.98 Å². The van der Waals surface area contributed by atoms with E-state index < -0.39 is 23.0 Å². The van der Waals surface area contributed by atoms with Gasteiger partial charge < -0.3 is 10.2 Å². The molecular weight excluding hydrogens is 381 g/mol. The minimum Gasteiger partial charge on any atom is -0.348 e. The lowest BCUT2D eigenvalue weighted by atomic mass is 10.0. The first-order chi connectivity index (χ1) is 12.6. The molecule has 146 valence electrons. The van der Waals surface area contributed by atoms with E-state index in [2.05, 4.69) is 15.3 Å². The molecule has 2 N–H and O–H groups in total. The van der Waals surface area contributed by atoms with Crippen LogP contribution in [0.1, 0.15) is 35.4 Å². The number of carbonyl (C=O) groups is 1. The van der Waals surface area contributed by atoms with Crippen molar-refractivity contribution in [1.29, 1.82) is 0 Å². The molecule has 2 rings (SSSR count). The molecule has 0 saturated carbocycles. The van der Waals surface area contributed by atoms with Crippen molar-refractivity contribution >= 4 is 23.6 Å². The van der Waals surface area contributed by atoms with Crippen LogP contribution in [-0.4, -0.2) is 35.5 Å². The van der Waals surface area contributed by atoms with Gasteiger partial charge in [-0.05, 0) is 35.9 Å². The van der Waals surface area contributed by atoms with Gasteiger partial charge in [0.1, 0.15) is 5.69 Å². The van der Waals surface area contributed by atoms with E-state index in [4.69, 9.17) is 0 Å². The van der Waals surface area contributed by atoms with Crippen LogP contribution in [0.2, 0.25) is 0 Å². The lowest BCUT2D eigenvalue weighted by Gasteiger charge is -2.18. The maximum absolute atomic E-state index is 12.5. The first-order valence-corrected chi connectivity index (χ1v) is 8.86. The number of carbonyl (C=O) groups excluding carboxylic acids is 1. The topological polar surface area (TPSA) is 78.1 Å². The van der Waals surface area contributed by atoms with E-state index in [1.165, 1.54) is 12.1 Å². The van der Waals surface area contributed by atoms with Crippen LogP contribution < -0.4 is 15.8 Å². The number of rotatable bonds is 6. The molecule has 0 radical (unpaired) electrons. The smallest absolute Gasteiger partial charge is 0.348 e. The first kappa shape index (κ1) is 20.8. The van der Waals surface area contributed by atoms with Crippen molar-refractivity contribution in [3.8, 4) is 0 Å². The van der Waals surface area contributed by atoms with Crippen LogP contribution in [-0.2, 0) is 0 Å². The SMILES string of the molecule is CCC(NC(=O)c1cc(=O)[nH]c(N(C)C)n1)c1ccc(SC(F)(F)F)cc1. The van der Waals surface area contributed by atoms with E-state index in [0.29, 0.717) is 12.0 Å². The van der Waals surface area contributed by atoms with Gasteiger partial charge in [0.2, 0.25) is 5.95 Å². The summed E-state index contributed by atoms with van der Waals surface area (Å²) in [5, 5.41) is 2.76. The van der Waals surface area contributed by atoms with Crippen molar-refractivity contribution in [2.75, 3.05) is 19.0 Å². The average Bonchev–Trinajstić information content (AvgIpc) is 2.58. The third-order valence-corrected chi connectivity index (χ3v) is 4.35. The predicted molar refractivity (Wildman–Crippen MR) is 98.0 cm³/mol. The van der Waals surface area contributed by atoms with Crippen molar-refractivity contribution in [2.24, 2.45) is 0 Å². The summed E-state index contributed by atoms with van der Waals surface area (Å²) in [5.41, 5.74) is -4.18. The highest BCUT2D eigenvalue weighted by Crippen LogP contribution is 2.37. The summed E-state index contributed by atoms with van der Waals surface area (Å²) < 4.78 is 37.2. The van der Waals surface area contributed by atoms with Gasteiger partial charge in [0, 0.05) is 25.1 Å². The third-order valence-electron chi connectivity index (χ3n) is 3.62. The van der Waals surface area contributed by atoms with Gasteiger partial charge in [-0.15, -0.1) is 0 Å². The summed E-state index contributed by atoms with van der Waals surface area (Å²) >= 11 is -0.195. The fraction of sp³-hybridized carbons (Fsp3) is 0.353. The van der Waals surface area contributed by atoms with E-state index in [1.54, 1.807) is 31.1 Å². The molecule has 0 aliphatic rings. The van der Waals surface area contributed by atoms with Gasteiger partial charge in [-0.1, -0.05) is 19.1 Å². The van der Waals surface area contributed by atoms with Crippen molar-refractivity contribution in [3.05, 3.63) is 51.9 Å². The molecular formula is C17H19F3N4O2S. The van der Waals surface area contributed by atoms with Crippen molar-refractivity contribution in [1.82, 2.24) is 15.3 Å². The van der Waals surface area contributed by atoms with Crippen molar-refractivity contribution in [2.45, 2.75) is 29.8 Å². The van der Waals surface area contributed by atoms with Gasteiger partial charge in [0.05, 0.1) is 6.04 Å². The highest BCUT2D eigenvalue weighted by atomic mass is 32.2. The second kappa shape index (κ2) is 8.47. The largest absolute Gasteiger partial charge is 0.446 e. The van der Waals surface area contributed by atoms with E-state index in [0.717, 1.165) is 6.07 Å². The number of hydrogen-bond acceptors (Lipinski definition) is 5. The zero-order valence-electron chi connectivity index (χ0n) is 14.9. The second-order valence-corrected chi connectivity index (χ2v) is 7.04. The average molecular weight is 400 g/mol. The minimum atomic E-state index is -4.35. The third kappa shape index (κ3) is 6.02. The summed E-state index contributed by atoms with van der Waals surface area (Å²) in [6, 6.07) is 6.47. The van der Waals surface area contributed by atoms with Crippen LogP contribution in [0.25, 0.3) is 0 Å². The Morgan fingerprint density at radius 1 is 1.30 bits per heavy atom. The van der Waals surface area contributed by atoms with E-state index >= 15 is 0 Å². The molecule has 0 bridgehead atoms. The predicted octanol–water partition coefficient (Wildman–Crippen LogP) is 3.33. The Morgan fingerprint density at radius 3 is 2.44 bits per heavy atom. The van der Waals surface area contributed by atoms with Crippen LogP contribution in [0.3, 0.4) is 0 Å². The Balaban J connectivity index is 2.17. The Morgan fingerprint density at radius 2 is 1.93 bits per heavy atom. The number of H-pyrrole nitrogens is 1. The normalized spacial score (nSPS) is 12.5. The van der Waals surface area contributed by atoms with Crippen LogP contribution >= 0.6 is 11.8 Å². The lowest BCUT2D eigenvalue weighted by molar-refractivity contribution is -0.0328. The molecule has 27 heavy (non-hydrogen) atoms. The summed E-state index contributed by atoms with van der Waals surface area (Å²) in [7, 11) is 3.35. The molecule has 0 aliphatic carbocycles. The molecule has 0 aliphatic heterocycles. The van der Waals surface area contributed by atoms with Gasteiger partial charge in [0.25, 0.3) is 11.5 Å². The molecule has 6 nitrogen and oxygen atoms in total. The summed E-state index contributed by atoms with van der Waals surface area (Å²) in [6.07, 6.45) is 0.515. The number of benzene rings is 1. The van der Waals surface area contributed by atoms with E-state index in [-0.39, 0.29) is 28.3 Å². The van der Waals surface area contributed by atoms with Gasteiger partial charge in [-0.2, -0.15) is 13.2 Å². The van der Waals surface area contributed by atoms with Crippen LogP contribution in [0, 0.1) is 0 Å². The Labute approximate surface area is 158 Å². The van der Waals surface area contributed by atoms with Gasteiger partial charge in [-0.3, -0.25) is 14.6 Å². The molecule has 1 unspecified atom stereocenters. The zero-order valence-corrected chi connectivity index (χ0v) is 15.7. The number of amides is 1. The molecule has 1 amide bonds. The maximum atomic E-state index is 12.5. The zero-order chi connectivity index (χ0) is 20.2. The van der Waals surface area contributed by atoms with Crippen molar-refractivity contribution < 1.29 is 18.0 Å². The molecule has 10 heteroatoms. The number of hydrogen-bond donors (Lipinski definition) is 2. The standard InChI is InChI=1S/C17H19F3N4O2S/c1-4-12(10-5-7-11(8-6-10)27-17(18,19)20)21-15(26)13-9-14(25)23-16(22-13)24(2)3/h5-9,12H,4H2,1-3H3,(H,21,26)(H,22,23,25). The number of thioether (sulfide) groups is 1. The van der Waals surface area contributed by atoms with E-state index in [9.17, 15) is 22.8 Å². The Bertz CT molecular complexity index is 850. The fourth-order valence-corrected chi connectivity index (χ4v) is 2.87. The minimum absolute atomic E-state index is 0.0369. The quantitative estimate of drug-likeness (QED) is 0.728. The number of aromatic nitrogens is 2. The number of aromatic amines is 1. The molecule has 0 spiro atoms. The summed E-state index contributed by atoms with van der Waals surface area (Å²) in [5.74, 6) is -0.293. The monoisotopic (exact) mass is 400 g/mol. The van der Waals surface area contributed by atoms with E-state index in [1.807, 2.05) is 6.92 Å². The molecule has 1 aromatic heterocycles. The number of nitrogens with one attached hydrogen (secondary N) is 2. The van der Waals surface area contributed by atoms with Crippen LogP contribution in [0.5, 0.6) is 0 Å². The molecule has 1 aromatic carbocycles. The fourth-order valence-electron chi connectivity index (χ4n) is 2.33. The number of anilines is 1. The van der Waals surface area contributed by atoms with Crippen LogP contribution in [0.15, 0.2) is 40.0 Å². The molecule has 2 aromatic rings. The molecule has 1 heterocycles. The number of alkyl halides is 3. The molecule has 0 fully saturated rings. The first-order valence-electron chi connectivity index (χ1n) is 8.04. The van der Waals surface area contributed by atoms with Crippen molar-refractivity contribution in [3.63, 3.8) is 0 Å². The Kier molecular flexibility index (Phi) is 6.53. The maximum Gasteiger partial charge on any atom is 0.446 e.